The molecule has 1 aliphatic rings. The van der Waals surface area contributed by atoms with Crippen molar-refractivity contribution in [3.05, 3.63) is 29.8 Å². The van der Waals surface area contributed by atoms with Crippen LogP contribution in [0.1, 0.15) is 36.5 Å². The number of carbonyl (C=O) groups is 1. The second-order valence-corrected chi connectivity index (χ2v) is 4.16. The number of hydrogen-bond acceptors (Lipinski definition) is 4. The minimum absolute atomic E-state index is 0.198. The monoisotopic (exact) mass is 250 g/mol. The van der Waals surface area contributed by atoms with Crippen molar-refractivity contribution in [2.75, 3.05) is 13.2 Å². The molecule has 0 N–H and O–H groups in total. The van der Waals surface area contributed by atoms with Crippen LogP contribution in [-0.4, -0.2) is 25.5 Å². The molecule has 0 amide bonds. The van der Waals surface area contributed by atoms with Crippen LogP contribution >= 0.6 is 0 Å². The zero-order valence-corrected chi connectivity index (χ0v) is 10.6. The second-order valence-electron chi connectivity index (χ2n) is 4.16. The zero-order valence-electron chi connectivity index (χ0n) is 10.6. The molecule has 1 heterocycles. The van der Waals surface area contributed by atoms with E-state index in [1.54, 1.807) is 25.1 Å². The Morgan fingerprint density at radius 2 is 2.33 bits per heavy atom. The van der Waals surface area contributed by atoms with Crippen LogP contribution < -0.4 is 4.74 Å². The molecule has 0 aliphatic carbocycles. The SMILES string of the molecule is CCOC(=O)c1cccc(O[C@H]2CCCCO2)c1. The van der Waals surface area contributed by atoms with Gasteiger partial charge >= 0.3 is 5.97 Å². The molecule has 0 unspecified atom stereocenters. The van der Waals surface area contributed by atoms with Gasteiger partial charge in [0.05, 0.1) is 18.8 Å². The number of hydrogen-bond donors (Lipinski definition) is 0. The summed E-state index contributed by atoms with van der Waals surface area (Å²) in [6, 6.07) is 7.01. The molecule has 4 nitrogen and oxygen atoms in total. The fourth-order valence-electron chi connectivity index (χ4n) is 1.87. The van der Waals surface area contributed by atoms with Gasteiger partial charge in [0.15, 0.2) is 6.29 Å². The Bertz CT molecular complexity index is 397. The van der Waals surface area contributed by atoms with E-state index in [1.807, 2.05) is 6.07 Å². The highest BCUT2D eigenvalue weighted by atomic mass is 16.7. The Morgan fingerprint density at radius 1 is 1.44 bits per heavy atom. The van der Waals surface area contributed by atoms with E-state index in [0.29, 0.717) is 17.9 Å². The first-order valence-corrected chi connectivity index (χ1v) is 6.35. The Hall–Kier alpha value is -1.55. The molecule has 1 aliphatic heterocycles. The summed E-state index contributed by atoms with van der Waals surface area (Å²) in [5, 5.41) is 0. The summed E-state index contributed by atoms with van der Waals surface area (Å²) in [6.45, 7) is 2.89. The van der Waals surface area contributed by atoms with Gasteiger partial charge in [-0.05, 0) is 38.0 Å². The summed E-state index contributed by atoms with van der Waals surface area (Å²) in [5.41, 5.74) is 0.505. The molecule has 1 fully saturated rings. The van der Waals surface area contributed by atoms with E-state index in [9.17, 15) is 4.79 Å². The van der Waals surface area contributed by atoms with Crippen LogP contribution in [0, 0.1) is 0 Å². The molecule has 98 valence electrons. The van der Waals surface area contributed by atoms with Gasteiger partial charge in [-0.25, -0.2) is 4.79 Å². The molecule has 1 aromatic rings. The number of benzene rings is 1. The highest BCUT2D eigenvalue weighted by Gasteiger charge is 2.16. The summed E-state index contributed by atoms with van der Waals surface area (Å²) in [4.78, 5) is 11.6. The highest BCUT2D eigenvalue weighted by Crippen LogP contribution is 2.20. The molecule has 4 heteroatoms. The number of rotatable bonds is 4. The lowest BCUT2D eigenvalue weighted by Gasteiger charge is -2.23. The van der Waals surface area contributed by atoms with Crippen LogP contribution in [0.25, 0.3) is 0 Å². The van der Waals surface area contributed by atoms with Gasteiger partial charge in [-0.2, -0.15) is 0 Å². The van der Waals surface area contributed by atoms with E-state index in [-0.39, 0.29) is 12.3 Å². The molecule has 0 radical (unpaired) electrons. The van der Waals surface area contributed by atoms with Crippen molar-refractivity contribution in [3.8, 4) is 5.75 Å². The summed E-state index contributed by atoms with van der Waals surface area (Å²) in [6.07, 6.45) is 2.89. The van der Waals surface area contributed by atoms with Crippen molar-refractivity contribution >= 4 is 5.97 Å². The Morgan fingerprint density at radius 3 is 3.06 bits per heavy atom. The van der Waals surface area contributed by atoms with Gasteiger partial charge in [0, 0.05) is 6.42 Å². The largest absolute Gasteiger partial charge is 0.465 e. The van der Waals surface area contributed by atoms with Gasteiger partial charge in [-0.1, -0.05) is 6.07 Å². The van der Waals surface area contributed by atoms with E-state index in [4.69, 9.17) is 14.2 Å². The van der Waals surface area contributed by atoms with Crippen LogP contribution in [0.15, 0.2) is 24.3 Å². The molecule has 0 aromatic heterocycles. The number of ether oxygens (including phenoxy) is 3. The fourth-order valence-corrected chi connectivity index (χ4v) is 1.87. The Kier molecular flexibility index (Phi) is 4.59. The molecule has 0 spiro atoms. The first kappa shape index (κ1) is 12.9. The van der Waals surface area contributed by atoms with Crippen LogP contribution in [-0.2, 0) is 9.47 Å². The van der Waals surface area contributed by atoms with Gasteiger partial charge in [0.1, 0.15) is 5.75 Å². The first-order valence-electron chi connectivity index (χ1n) is 6.35. The Balaban J connectivity index is 2.00. The van der Waals surface area contributed by atoms with Crippen LogP contribution in [0.3, 0.4) is 0 Å². The lowest BCUT2D eigenvalue weighted by molar-refractivity contribution is -0.105. The normalized spacial score (nSPS) is 19.3. The predicted molar refractivity (Wildman–Crippen MR) is 66.6 cm³/mol. The average Bonchev–Trinajstić information content (AvgIpc) is 2.40. The van der Waals surface area contributed by atoms with E-state index >= 15 is 0 Å². The maximum absolute atomic E-state index is 11.6. The van der Waals surface area contributed by atoms with Crippen LogP contribution in [0.5, 0.6) is 5.75 Å². The van der Waals surface area contributed by atoms with Crippen molar-refractivity contribution < 1.29 is 19.0 Å². The smallest absolute Gasteiger partial charge is 0.338 e. The summed E-state index contributed by atoms with van der Waals surface area (Å²) in [7, 11) is 0. The highest BCUT2D eigenvalue weighted by molar-refractivity contribution is 5.89. The molecule has 18 heavy (non-hydrogen) atoms. The fraction of sp³-hybridized carbons (Fsp3) is 0.500. The summed E-state index contributed by atoms with van der Waals surface area (Å²) in [5.74, 6) is 0.319. The zero-order chi connectivity index (χ0) is 12.8. The lowest BCUT2D eigenvalue weighted by Crippen LogP contribution is -2.25. The molecule has 0 saturated carbocycles. The van der Waals surface area contributed by atoms with Crippen LogP contribution in [0.2, 0.25) is 0 Å². The summed E-state index contributed by atoms with van der Waals surface area (Å²) >= 11 is 0. The molecule has 2 rings (SSSR count). The molecule has 1 atom stereocenters. The molecule has 1 saturated heterocycles. The van der Waals surface area contributed by atoms with E-state index in [1.165, 1.54) is 0 Å². The molecule has 1 aromatic carbocycles. The van der Waals surface area contributed by atoms with Crippen molar-refractivity contribution in [1.29, 1.82) is 0 Å². The maximum Gasteiger partial charge on any atom is 0.338 e. The maximum atomic E-state index is 11.6. The van der Waals surface area contributed by atoms with Gasteiger partial charge < -0.3 is 14.2 Å². The minimum Gasteiger partial charge on any atom is -0.465 e. The van der Waals surface area contributed by atoms with Gasteiger partial charge in [0.25, 0.3) is 0 Å². The van der Waals surface area contributed by atoms with Crippen molar-refractivity contribution in [2.24, 2.45) is 0 Å². The minimum atomic E-state index is -0.326. The average molecular weight is 250 g/mol. The predicted octanol–water partition coefficient (Wildman–Crippen LogP) is 2.77. The van der Waals surface area contributed by atoms with Gasteiger partial charge in [-0.3, -0.25) is 0 Å². The number of esters is 1. The summed E-state index contributed by atoms with van der Waals surface area (Å²) < 4.78 is 16.1. The lowest BCUT2D eigenvalue weighted by atomic mass is 10.2. The van der Waals surface area contributed by atoms with Crippen molar-refractivity contribution in [1.82, 2.24) is 0 Å². The van der Waals surface area contributed by atoms with Crippen molar-refractivity contribution in [2.45, 2.75) is 32.5 Å². The van der Waals surface area contributed by atoms with Crippen molar-refractivity contribution in [3.63, 3.8) is 0 Å². The van der Waals surface area contributed by atoms with E-state index < -0.39 is 0 Å². The second kappa shape index (κ2) is 6.40. The van der Waals surface area contributed by atoms with E-state index in [2.05, 4.69) is 0 Å². The van der Waals surface area contributed by atoms with Gasteiger partial charge in [-0.15, -0.1) is 0 Å². The molecule has 0 bridgehead atoms. The Labute approximate surface area is 107 Å². The third kappa shape index (κ3) is 3.47. The standard InChI is InChI=1S/C14H18O4/c1-2-16-14(15)11-6-5-7-12(10-11)18-13-8-3-4-9-17-13/h5-7,10,13H,2-4,8-9H2,1H3/t13-/m0/s1. The topological polar surface area (TPSA) is 44.8 Å². The first-order chi connectivity index (χ1) is 8.79. The molecular weight excluding hydrogens is 232 g/mol. The van der Waals surface area contributed by atoms with E-state index in [0.717, 1.165) is 25.9 Å². The molecular formula is C14H18O4. The van der Waals surface area contributed by atoms with Gasteiger partial charge in [0.2, 0.25) is 0 Å². The third-order valence-electron chi connectivity index (χ3n) is 2.75. The number of carbonyl (C=O) groups excluding carboxylic acids is 1. The van der Waals surface area contributed by atoms with Crippen LogP contribution in [0.4, 0.5) is 0 Å². The third-order valence-corrected chi connectivity index (χ3v) is 2.75. The quantitative estimate of drug-likeness (QED) is 0.771.